The summed E-state index contributed by atoms with van der Waals surface area (Å²) in [4.78, 5) is 53.8. The van der Waals surface area contributed by atoms with E-state index in [1.54, 1.807) is 0 Å². The largest absolute Gasteiger partial charge is 0.367 e. The van der Waals surface area contributed by atoms with Crippen LogP contribution in [0.2, 0.25) is 0 Å². The Morgan fingerprint density at radius 1 is 0.815 bits per heavy atom. The van der Waals surface area contributed by atoms with Crippen LogP contribution in [-0.4, -0.2) is 122 Å². The Balaban J connectivity index is 0.963. The number of rotatable bonds is 24. The van der Waals surface area contributed by atoms with Crippen molar-refractivity contribution >= 4 is 42.9 Å². The Morgan fingerprint density at radius 2 is 1.57 bits per heavy atom. The summed E-state index contributed by atoms with van der Waals surface area (Å²) < 4.78 is 1.90. The van der Waals surface area contributed by atoms with Gasteiger partial charge in [0, 0.05) is 75.7 Å². The minimum atomic E-state index is -2.00. The number of piperidine rings is 1. The predicted molar refractivity (Wildman–Crippen MR) is 213 cm³/mol. The maximum absolute atomic E-state index is 12.2. The van der Waals surface area contributed by atoms with Crippen molar-refractivity contribution in [3.05, 3.63) is 36.2 Å². The van der Waals surface area contributed by atoms with E-state index in [9.17, 15) is 9.59 Å². The monoisotopic (exact) mass is 768 g/mol. The summed E-state index contributed by atoms with van der Waals surface area (Å²) in [5.41, 5.74) is 1.71. The summed E-state index contributed by atoms with van der Waals surface area (Å²) in [5.74, 6) is 1.11. The standard InChI is InChI=1S/C37H61N12O4P/c50-34(13-6-14-35(51)41-21-26-54(52)53)40-20-25-48-23-15-30(16-24-48)43-36-32-11-4-5-12-33(32)44-37(45-36)42-27-31-28-49(47-46-31)22-8-18-38-17-7-19-39-29-9-2-1-3-10-29/h4-5,11-12,28-30,38-39,52-53H,1-3,6-10,13-27H2,(H,40,50)(H,41,51)(H2,42,43,44,45). The van der Waals surface area contributed by atoms with Crippen LogP contribution in [0.15, 0.2) is 30.5 Å². The average Bonchev–Trinajstić information content (AvgIpc) is 3.63. The Kier molecular flexibility index (Phi) is 18.0. The lowest BCUT2D eigenvalue weighted by Crippen LogP contribution is -2.42. The Hall–Kier alpha value is -3.53. The molecule has 2 amide bonds. The number of carbonyl (C=O) groups is 2. The fourth-order valence-corrected chi connectivity index (χ4v) is 7.32. The molecular weight excluding hydrogens is 707 g/mol. The summed E-state index contributed by atoms with van der Waals surface area (Å²) in [6, 6.07) is 9.03. The van der Waals surface area contributed by atoms with Gasteiger partial charge in [-0.1, -0.05) is 36.6 Å². The third kappa shape index (κ3) is 15.3. The van der Waals surface area contributed by atoms with Crippen LogP contribution in [0.25, 0.3) is 10.9 Å². The number of aryl methyl sites for hydroxylation is 1. The maximum atomic E-state index is 12.2. The van der Waals surface area contributed by atoms with Gasteiger partial charge in [-0.3, -0.25) is 14.3 Å². The summed E-state index contributed by atoms with van der Waals surface area (Å²) in [6.07, 6.45) is 14.0. The predicted octanol–water partition coefficient (Wildman–Crippen LogP) is 2.70. The highest BCUT2D eigenvalue weighted by Gasteiger charge is 2.21. The second-order valence-electron chi connectivity index (χ2n) is 14.4. The van der Waals surface area contributed by atoms with Crippen molar-refractivity contribution in [1.82, 2.24) is 51.1 Å². The molecule has 1 saturated carbocycles. The first kappa shape index (κ1) is 41.6. The Bertz CT molecular complexity index is 1550. The van der Waals surface area contributed by atoms with Crippen molar-refractivity contribution in [3.63, 3.8) is 0 Å². The van der Waals surface area contributed by atoms with E-state index in [1.807, 2.05) is 35.1 Å². The molecule has 3 aromatic rings. The molecule has 2 fully saturated rings. The number of hydrogen-bond acceptors (Lipinski definition) is 13. The molecular formula is C37H61N12O4P. The molecule has 1 aromatic carbocycles. The molecule has 8 N–H and O–H groups in total. The minimum Gasteiger partial charge on any atom is -0.367 e. The number of nitrogens with zero attached hydrogens (tertiary/aromatic N) is 6. The molecule has 0 atom stereocenters. The zero-order valence-electron chi connectivity index (χ0n) is 31.6. The molecule has 17 heteroatoms. The molecule has 54 heavy (non-hydrogen) atoms. The topological polar surface area (TPSA) is 207 Å². The molecule has 2 aromatic heterocycles. The fourth-order valence-electron chi connectivity index (χ4n) is 7.01. The normalized spacial score (nSPS) is 15.8. The summed E-state index contributed by atoms with van der Waals surface area (Å²) in [7, 11) is -2.00. The quantitative estimate of drug-likeness (QED) is 0.0488. The zero-order valence-corrected chi connectivity index (χ0v) is 32.5. The maximum Gasteiger partial charge on any atom is 0.225 e. The number of anilines is 2. The highest BCUT2D eigenvalue weighted by atomic mass is 31.2. The average molecular weight is 769 g/mol. The molecule has 0 radical (unpaired) electrons. The molecule has 16 nitrogen and oxygen atoms in total. The number of fused-ring (bicyclic) bond motifs is 1. The first-order chi connectivity index (χ1) is 26.4. The number of benzene rings is 1. The second-order valence-corrected chi connectivity index (χ2v) is 15.6. The third-order valence-electron chi connectivity index (χ3n) is 10.0. The molecule has 1 aliphatic heterocycles. The van der Waals surface area contributed by atoms with Gasteiger partial charge >= 0.3 is 0 Å². The summed E-state index contributed by atoms with van der Waals surface area (Å²) in [6.45, 7) is 7.77. The van der Waals surface area contributed by atoms with Gasteiger partial charge in [0.1, 0.15) is 11.5 Å². The molecule has 5 rings (SSSR count). The van der Waals surface area contributed by atoms with Gasteiger partial charge in [-0.15, -0.1) is 5.10 Å². The highest BCUT2D eigenvalue weighted by Crippen LogP contribution is 2.25. The minimum absolute atomic E-state index is 0.0650. The first-order valence-corrected chi connectivity index (χ1v) is 21.4. The number of aromatic nitrogens is 5. The number of hydrogen-bond donors (Lipinski definition) is 8. The molecule has 0 unspecified atom stereocenters. The molecule has 0 bridgehead atoms. The third-order valence-corrected chi connectivity index (χ3v) is 10.7. The van der Waals surface area contributed by atoms with E-state index in [2.05, 4.69) is 47.1 Å². The fraction of sp³-hybridized carbons (Fsp3) is 0.676. The lowest BCUT2D eigenvalue weighted by molar-refractivity contribution is -0.122. The van der Waals surface area contributed by atoms with Gasteiger partial charge in [0.15, 0.2) is 8.38 Å². The molecule has 3 heterocycles. The second kappa shape index (κ2) is 23.4. The van der Waals surface area contributed by atoms with Gasteiger partial charge in [-0.05, 0) is 76.7 Å². The van der Waals surface area contributed by atoms with E-state index in [1.165, 1.54) is 32.1 Å². The number of nitrogens with one attached hydrogen (secondary N) is 6. The van der Waals surface area contributed by atoms with Crippen LogP contribution in [0.5, 0.6) is 0 Å². The van der Waals surface area contributed by atoms with Crippen molar-refractivity contribution in [2.75, 3.05) is 69.2 Å². The highest BCUT2D eigenvalue weighted by molar-refractivity contribution is 7.45. The van der Waals surface area contributed by atoms with Crippen molar-refractivity contribution in [2.24, 2.45) is 0 Å². The van der Waals surface area contributed by atoms with Gasteiger partial charge in [0.25, 0.3) is 0 Å². The molecule has 1 saturated heterocycles. The Labute approximate surface area is 320 Å². The van der Waals surface area contributed by atoms with E-state index < -0.39 is 8.38 Å². The van der Waals surface area contributed by atoms with Crippen LogP contribution in [0, 0.1) is 0 Å². The van der Waals surface area contributed by atoms with E-state index in [0.717, 1.165) is 100.0 Å². The van der Waals surface area contributed by atoms with Crippen molar-refractivity contribution < 1.29 is 19.4 Å². The van der Waals surface area contributed by atoms with E-state index >= 15 is 0 Å². The van der Waals surface area contributed by atoms with Crippen LogP contribution in [-0.2, 0) is 22.7 Å². The van der Waals surface area contributed by atoms with E-state index in [4.69, 9.17) is 19.8 Å². The van der Waals surface area contributed by atoms with Gasteiger partial charge in [-0.25, -0.2) is 4.98 Å². The lowest BCUT2D eigenvalue weighted by atomic mass is 9.95. The summed E-state index contributed by atoms with van der Waals surface area (Å²) in [5, 5.41) is 29.6. The van der Waals surface area contributed by atoms with Gasteiger partial charge < -0.3 is 46.6 Å². The lowest BCUT2D eigenvalue weighted by Gasteiger charge is -2.32. The number of carbonyl (C=O) groups excluding carboxylic acids is 2. The zero-order chi connectivity index (χ0) is 37.8. The Morgan fingerprint density at radius 3 is 2.37 bits per heavy atom. The molecule has 1 aliphatic carbocycles. The van der Waals surface area contributed by atoms with Crippen molar-refractivity contribution in [1.29, 1.82) is 0 Å². The first-order valence-electron chi connectivity index (χ1n) is 19.9. The smallest absolute Gasteiger partial charge is 0.225 e. The molecule has 298 valence electrons. The number of likely N-dealkylation sites (tertiary alicyclic amines) is 1. The van der Waals surface area contributed by atoms with E-state index in [-0.39, 0.29) is 43.4 Å². The van der Waals surface area contributed by atoms with Gasteiger partial charge in [-0.2, -0.15) is 4.98 Å². The summed E-state index contributed by atoms with van der Waals surface area (Å²) >= 11 is 0. The SMILES string of the molecule is O=C(CCCC(=O)NCCP(O)O)NCCN1CCC(Nc2nc(NCc3cn(CCCNCCCNC4CCCCC4)nn3)nc3ccccc23)CC1. The molecule has 0 spiro atoms. The number of amides is 2. The van der Waals surface area contributed by atoms with E-state index in [0.29, 0.717) is 25.5 Å². The van der Waals surface area contributed by atoms with Crippen LogP contribution in [0.3, 0.4) is 0 Å². The molecule has 2 aliphatic rings. The number of para-hydroxylation sites is 1. The van der Waals surface area contributed by atoms with Crippen molar-refractivity contribution in [2.45, 2.75) is 102 Å². The van der Waals surface area contributed by atoms with Crippen LogP contribution in [0.4, 0.5) is 11.8 Å². The van der Waals surface area contributed by atoms with Crippen molar-refractivity contribution in [3.8, 4) is 0 Å². The van der Waals surface area contributed by atoms with Gasteiger partial charge in [0.2, 0.25) is 17.8 Å². The van der Waals surface area contributed by atoms with Crippen LogP contribution >= 0.6 is 8.38 Å². The van der Waals surface area contributed by atoms with Crippen LogP contribution in [0.1, 0.15) is 82.7 Å². The van der Waals surface area contributed by atoms with Gasteiger partial charge in [0.05, 0.1) is 18.3 Å². The van der Waals surface area contributed by atoms with Crippen LogP contribution < -0.4 is 31.9 Å².